The van der Waals surface area contributed by atoms with Gasteiger partial charge in [0, 0.05) is 18.5 Å². The highest BCUT2D eigenvalue weighted by molar-refractivity contribution is 5.91. The lowest BCUT2D eigenvalue weighted by molar-refractivity contribution is -0.138. The zero-order chi connectivity index (χ0) is 12.0. The van der Waals surface area contributed by atoms with Crippen LogP contribution >= 0.6 is 0 Å². The number of carboxylic acid groups (broad SMARTS) is 1. The first-order valence-corrected chi connectivity index (χ1v) is 5.14. The molecule has 2 N–H and O–H groups in total. The number of carboxylic acids is 1. The molecule has 0 aliphatic rings. The number of amides is 1. The first-order valence-electron chi connectivity index (χ1n) is 5.14. The van der Waals surface area contributed by atoms with Crippen LogP contribution in [0.25, 0.3) is 0 Å². The van der Waals surface area contributed by atoms with Crippen LogP contribution in [-0.4, -0.2) is 17.0 Å². The van der Waals surface area contributed by atoms with Gasteiger partial charge >= 0.3 is 5.97 Å². The van der Waals surface area contributed by atoms with E-state index >= 15 is 0 Å². The topological polar surface area (TPSA) is 66.4 Å². The van der Waals surface area contributed by atoms with Gasteiger partial charge in [-0.2, -0.15) is 0 Å². The molecule has 0 spiro atoms. The number of nitrogens with one attached hydrogen (secondary N) is 1. The van der Waals surface area contributed by atoms with Gasteiger partial charge in [-0.1, -0.05) is 25.1 Å². The van der Waals surface area contributed by atoms with Gasteiger partial charge in [0.15, 0.2) is 0 Å². The van der Waals surface area contributed by atoms with E-state index < -0.39 is 5.97 Å². The van der Waals surface area contributed by atoms with E-state index in [1.54, 1.807) is 19.1 Å². The van der Waals surface area contributed by atoms with Crippen LogP contribution in [0.15, 0.2) is 30.3 Å². The van der Waals surface area contributed by atoms with E-state index in [9.17, 15) is 9.59 Å². The lowest BCUT2D eigenvalue weighted by Gasteiger charge is -2.09. The van der Waals surface area contributed by atoms with E-state index in [2.05, 4.69) is 5.32 Å². The first-order chi connectivity index (χ1) is 7.58. The Balaban J connectivity index is 2.39. The summed E-state index contributed by atoms with van der Waals surface area (Å²) in [4.78, 5) is 21.9. The van der Waals surface area contributed by atoms with Gasteiger partial charge in [-0.15, -0.1) is 0 Å². The molecule has 0 saturated heterocycles. The molecule has 0 radical (unpaired) electrons. The second-order valence-corrected chi connectivity index (χ2v) is 3.82. The Morgan fingerprint density at radius 1 is 1.25 bits per heavy atom. The second-order valence-electron chi connectivity index (χ2n) is 3.82. The number of carbonyl (C=O) groups is 2. The van der Waals surface area contributed by atoms with Crippen molar-refractivity contribution in [3.63, 3.8) is 0 Å². The predicted molar refractivity (Wildman–Crippen MR) is 61.1 cm³/mol. The van der Waals surface area contributed by atoms with Gasteiger partial charge in [0.25, 0.3) is 0 Å². The smallest absolute Gasteiger partial charge is 0.303 e. The number of rotatable bonds is 5. The van der Waals surface area contributed by atoms with Crippen molar-refractivity contribution < 1.29 is 14.7 Å². The lowest BCUT2D eigenvalue weighted by atomic mass is 10.0. The Labute approximate surface area is 94.3 Å². The van der Waals surface area contributed by atoms with Gasteiger partial charge in [0.2, 0.25) is 5.91 Å². The van der Waals surface area contributed by atoms with Crippen LogP contribution in [0.5, 0.6) is 0 Å². The molecule has 1 amide bonds. The van der Waals surface area contributed by atoms with Gasteiger partial charge < -0.3 is 10.4 Å². The average molecular weight is 221 g/mol. The maximum atomic E-state index is 11.5. The molecular formula is C12H15NO3. The number of hydrogen-bond acceptors (Lipinski definition) is 2. The van der Waals surface area contributed by atoms with Crippen LogP contribution < -0.4 is 5.32 Å². The number of para-hydroxylation sites is 1. The summed E-state index contributed by atoms with van der Waals surface area (Å²) in [7, 11) is 0. The maximum Gasteiger partial charge on any atom is 0.303 e. The summed E-state index contributed by atoms with van der Waals surface area (Å²) in [6.45, 7) is 1.75. The average Bonchev–Trinajstić information content (AvgIpc) is 2.17. The van der Waals surface area contributed by atoms with Crippen molar-refractivity contribution in [2.75, 3.05) is 5.32 Å². The summed E-state index contributed by atoms with van der Waals surface area (Å²) in [5, 5.41) is 11.3. The fourth-order valence-electron chi connectivity index (χ4n) is 1.42. The molecule has 0 heterocycles. The molecule has 1 aromatic carbocycles. The summed E-state index contributed by atoms with van der Waals surface area (Å²) >= 11 is 0. The van der Waals surface area contributed by atoms with Crippen molar-refractivity contribution in [2.45, 2.75) is 19.8 Å². The Morgan fingerprint density at radius 3 is 2.44 bits per heavy atom. The van der Waals surface area contributed by atoms with Crippen LogP contribution in [0.2, 0.25) is 0 Å². The third kappa shape index (κ3) is 4.59. The number of hydrogen-bond donors (Lipinski definition) is 2. The van der Waals surface area contributed by atoms with Crippen LogP contribution in [0.3, 0.4) is 0 Å². The molecule has 1 rings (SSSR count). The Hall–Kier alpha value is -1.84. The molecule has 0 unspecified atom stereocenters. The highest BCUT2D eigenvalue weighted by atomic mass is 16.4. The summed E-state index contributed by atoms with van der Waals surface area (Å²) in [5.74, 6) is -1.18. The standard InChI is InChI=1S/C12H15NO3/c1-9(8-12(15)16)7-11(14)13-10-5-3-2-4-6-10/h2-6,9H,7-8H2,1H3,(H,13,14)(H,15,16)/t9-/m1/s1. The molecule has 0 aliphatic carbocycles. The minimum Gasteiger partial charge on any atom is -0.481 e. The minimum atomic E-state index is -0.875. The number of benzene rings is 1. The molecule has 0 fully saturated rings. The number of carbonyl (C=O) groups excluding carboxylic acids is 1. The van der Waals surface area contributed by atoms with Gasteiger partial charge in [-0.05, 0) is 18.1 Å². The van der Waals surface area contributed by atoms with Crippen molar-refractivity contribution in [1.82, 2.24) is 0 Å². The Morgan fingerprint density at radius 2 is 1.88 bits per heavy atom. The minimum absolute atomic E-state index is 0.0161. The molecular weight excluding hydrogens is 206 g/mol. The molecule has 0 aromatic heterocycles. The SMILES string of the molecule is C[C@@H](CC(=O)O)CC(=O)Nc1ccccc1. The molecule has 4 heteroatoms. The molecule has 1 aromatic rings. The molecule has 0 aliphatic heterocycles. The van der Waals surface area contributed by atoms with Crippen LogP contribution in [0.1, 0.15) is 19.8 Å². The molecule has 1 atom stereocenters. The van der Waals surface area contributed by atoms with E-state index in [0.29, 0.717) is 0 Å². The Bertz CT molecular complexity index is 362. The largest absolute Gasteiger partial charge is 0.481 e. The second kappa shape index (κ2) is 5.90. The quantitative estimate of drug-likeness (QED) is 0.800. The highest BCUT2D eigenvalue weighted by Gasteiger charge is 2.12. The normalized spacial score (nSPS) is 11.8. The van der Waals surface area contributed by atoms with Crippen LogP contribution in [-0.2, 0) is 9.59 Å². The predicted octanol–water partition coefficient (Wildman–Crippen LogP) is 2.13. The highest BCUT2D eigenvalue weighted by Crippen LogP contribution is 2.10. The summed E-state index contributed by atoms with van der Waals surface area (Å²) in [5.41, 5.74) is 0.732. The summed E-state index contributed by atoms with van der Waals surface area (Å²) in [6.07, 6.45) is 0.239. The monoisotopic (exact) mass is 221 g/mol. The van der Waals surface area contributed by atoms with E-state index in [1.807, 2.05) is 18.2 Å². The van der Waals surface area contributed by atoms with E-state index in [-0.39, 0.29) is 24.7 Å². The maximum absolute atomic E-state index is 11.5. The van der Waals surface area contributed by atoms with Crippen LogP contribution in [0.4, 0.5) is 5.69 Å². The summed E-state index contributed by atoms with van der Waals surface area (Å²) < 4.78 is 0. The van der Waals surface area contributed by atoms with Gasteiger partial charge in [0.1, 0.15) is 0 Å². The molecule has 0 saturated carbocycles. The van der Waals surface area contributed by atoms with E-state index in [1.165, 1.54) is 0 Å². The third-order valence-corrected chi connectivity index (χ3v) is 2.11. The Kier molecular flexibility index (Phi) is 4.51. The zero-order valence-electron chi connectivity index (χ0n) is 9.14. The third-order valence-electron chi connectivity index (χ3n) is 2.11. The van der Waals surface area contributed by atoms with Gasteiger partial charge in [0.05, 0.1) is 0 Å². The summed E-state index contributed by atoms with van der Waals surface area (Å²) in [6, 6.07) is 9.11. The van der Waals surface area contributed by atoms with Crippen molar-refractivity contribution in [3.8, 4) is 0 Å². The number of aliphatic carboxylic acids is 1. The van der Waals surface area contributed by atoms with Crippen molar-refractivity contribution in [1.29, 1.82) is 0 Å². The van der Waals surface area contributed by atoms with Crippen molar-refractivity contribution in [2.24, 2.45) is 5.92 Å². The fraction of sp³-hybridized carbons (Fsp3) is 0.333. The van der Waals surface area contributed by atoms with E-state index in [0.717, 1.165) is 5.69 Å². The molecule has 4 nitrogen and oxygen atoms in total. The van der Waals surface area contributed by atoms with Crippen molar-refractivity contribution in [3.05, 3.63) is 30.3 Å². The first kappa shape index (κ1) is 12.2. The number of anilines is 1. The molecule has 86 valence electrons. The van der Waals surface area contributed by atoms with Gasteiger partial charge in [-0.3, -0.25) is 9.59 Å². The lowest BCUT2D eigenvalue weighted by Crippen LogP contribution is -2.16. The van der Waals surface area contributed by atoms with Crippen LogP contribution in [0, 0.1) is 5.92 Å². The van der Waals surface area contributed by atoms with Gasteiger partial charge in [-0.25, -0.2) is 0 Å². The molecule has 0 bridgehead atoms. The van der Waals surface area contributed by atoms with E-state index in [4.69, 9.17) is 5.11 Å². The molecule has 16 heavy (non-hydrogen) atoms. The van der Waals surface area contributed by atoms with Crippen molar-refractivity contribution >= 4 is 17.6 Å². The fourth-order valence-corrected chi connectivity index (χ4v) is 1.42. The zero-order valence-corrected chi connectivity index (χ0v) is 9.14.